The summed E-state index contributed by atoms with van der Waals surface area (Å²) >= 11 is 0. The van der Waals surface area contributed by atoms with Gasteiger partial charge in [-0.25, -0.2) is 13.1 Å². The van der Waals surface area contributed by atoms with E-state index in [1.807, 2.05) is 0 Å². The lowest BCUT2D eigenvalue weighted by Crippen LogP contribution is -2.39. The average Bonchev–Trinajstić information content (AvgIpc) is 3.05. The molecule has 0 amide bonds. The van der Waals surface area contributed by atoms with Crippen LogP contribution in [0.3, 0.4) is 0 Å². The molecule has 2 rings (SSSR count). The van der Waals surface area contributed by atoms with Gasteiger partial charge < -0.3 is 11.1 Å². The van der Waals surface area contributed by atoms with Gasteiger partial charge in [0.05, 0.1) is 11.4 Å². The van der Waals surface area contributed by atoms with Crippen molar-refractivity contribution in [1.82, 2.24) is 14.9 Å². The highest BCUT2D eigenvalue weighted by Crippen LogP contribution is 2.16. The highest BCUT2D eigenvalue weighted by atomic mass is 32.2. The molecular weight excluding hydrogens is 326 g/mol. The predicted molar refractivity (Wildman–Crippen MR) is 96.4 cm³/mol. The first-order chi connectivity index (χ1) is 11.5. The van der Waals surface area contributed by atoms with E-state index in [0.29, 0.717) is 25.1 Å². The number of aliphatic imine (C=N–C) groups is 1. The molecule has 0 aromatic heterocycles. The number of nitrogens with one attached hydrogen (secondary N) is 2. The molecule has 1 aromatic rings. The molecule has 8 heteroatoms. The van der Waals surface area contributed by atoms with Crippen LogP contribution in [0.25, 0.3) is 0 Å². The summed E-state index contributed by atoms with van der Waals surface area (Å²) in [6.07, 6.45) is 2.37. The minimum atomic E-state index is -3.47. The minimum Gasteiger partial charge on any atom is -0.370 e. The van der Waals surface area contributed by atoms with Crippen molar-refractivity contribution in [2.45, 2.75) is 30.7 Å². The highest BCUT2D eigenvalue weighted by Gasteiger charge is 2.22. The fraction of sp³-hybridized carbons (Fsp3) is 0.562. The Hall–Kier alpha value is -1.64. The van der Waals surface area contributed by atoms with Crippen LogP contribution in [0.5, 0.6) is 0 Å². The van der Waals surface area contributed by atoms with Gasteiger partial charge in [-0.3, -0.25) is 9.89 Å². The van der Waals surface area contributed by atoms with Crippen molar-refractivity contribution in [2.24, 2.45) is 10.7 Å². The molecule has 0 spiro atoms. The SMILES string of the molecule is CCN1CCCC1CN=C(N)NCCNS(=O)(=O)c1ccccc1. The molecule has 1 fully saturated rings. The quantitative estimate of drug-likeness (QED) is 0.356. The van der Waals surface area contributed by atoms with Gasteiger partial charge in [-0.2, -0.15) is 0 Å². The van der Waals surface area contributed by atoms with Crippen LogP contribution in [0, 0.1) is 0 Å². The first-order valence-corrected chi connectivity index (χ1v) is 9.84. The van der Waals surface area contributed by atoms with Gasteiger partial charge in [-0.05, 0) is 38.1 Å². The van der Waals surface area contributed by atoms with E-state index in [-0.39, 0.29) is 11.4 Å². The zero-order chi connectivity index (χ0) is 17.4. The summed E-state index contributed by atoms with van der Waals surface area (Å²) in [5.41, 5.74) is 5.84. The molecule has 0 bridgehead atoms. The Labute approximate surface area is 144 Å². The molecule has 4 N–H and O–H groups in total. The lowest BCUT2D eigenvalue weighted by molar-refractivity contribution is 0.273. The average molecular weight is 353 g/mol. The zero-order valence-electron chi connectivity index (χ0n) is 14.1. The topological polar surface area (TPSA) is 99.8 Å². The van der Waals surface area contributed by atoms with Crippen molar-refractivity contribution in [3.8, 4) is 0 Å². The monoisotopic (exact) mass is 353 g/mol. The van der Waals surface area contributed by atoms with E-state index in [9.17, 15) is 8.42 Å². The Morgan fingerprint density at radius 1 is 1.33 bits per heavy atom. The van der Waals surface area contributed by atoms with Crippen molar-refractivity contribution < 1.29 is 8.42 Å². The van der Waals surface area contributed by atoms with Crippen molar-refractivity contribution in [1.29, 1.82) is 0 Å². The van der Waals surface area contributed by atoms with Gasteiger partial charge in [0.2, 0.25) is 10.0 Å². The highest BCUT2D eigenvalue weighted by molar-refractivity contribution is 7.89. The molecule has 1 saturated heterocycles. The molecular formula is C16H27N5O2S. The second kappa shape index (κ2) is 9.00. The number of hydrogen-bond donors (Lipinski definition) is 3. The molecule has 134 valence electrons. The van der Waals surface area contributed by atoms with Crippen molar-refractivity contribution >= 4 is 16.0 Å². The molecule has 1 aromatic carbocycles. The van der Waals surface area contributed by atoms with E-state index in [1.54, 1.807) is 30.3 Å². The number of nitrogens with zero attached hydrogens (tertiary/aromatic N) is 2. The van der Waals surface area contributed by atoms with Crippen LogP contribution < -0.4 is 15.8 Å². The lowest BCUT2D eigenvalue weighted by atomic mass is 10.2. The molecule has 1 atom stereocenters. The number of benzene rings is 1. The maximum atomic E-state index is 12.0. The van der Waals surface area contributed by atoms with Crippen LogP contribution >= 0.6 is 0 Å². The normalized spacial score (nSPS) is 19.5. The van der Waals surface area contributed by atoms with E-state index in [4.69, 9.17) is 5.73 Å². The summed E-state index contributed by atoms with van der Waals surface area (Å²) in [6, 6.07) is 8.76. The maximum Gasteiger partial charge on any atom is 0.240 e. The molecule has 1 unspecified atom stereocenters. The second-order valence-corrected chi connectivity index (χ2v) is 7.56. The van der Waals surface area contributed by atoms with Gasteiger partial charge in [0.1, 0.15) is 0 Å². The third-order valence-electron chi connectivity index (χ3n) is 4.15. The van der Waals surface area contributed by atoms with Gasteiger partial charge in [0.25, 0.3) is 0 Å². The van der Waals surface area contributed by atoms with Crippen molar-refractivity contribution in [3.63, 3.8) is 0 Å². The van der Waals surface area contributed by atoms with E-state index in [2.05, 4.69) is 26.9 Å². The van der Waals surface area contributed by atoms with E-state index >= 15 is 0 Å². The largest absolute Gasteiger partial charge is 0.370 e. The predicted octanol–water partition coefficient (Wildman–Crippen LogP) is 0.354. The van der Waals surface area contributed by atoms with Crippen LogP contribution in [-0.2, 0) is 10.0 Å². The summed E-state index contributed by atoms with van der Waals surface area (Å²) in [5, 5.41) is 2.95. The van der Waals surface area contributed by atoms with Crippen LogP contribution in [0.15, 0.2) is 40.2 Å². The lowest BCUT2D eigenvalue weighted by Gasteiger charge is -2.20. The number of likely N-dealkylation sites (tertiary alicyclic amines) is 1. The number of likely N-dealkylation sites (N-methyl/N-ethyl adjacent to an activating group) is 1. The van der Waals surface area contributed by atoms with Gasteiger partial charge in [0, 0.05) is 19.1 Å². The smallest absolute Gasteiger partial charge is 0.240 e. The van der Waals surface area contributed by atoms with Gasteiger partial charge >= 0.3 is 0 Å². The third kappa shape index (κ3) is 5.47. The van der Waals surface area contributed by atoms with Crippen LogP contribution in [-0.4, -0.2) is 58.0 Å². The molecule has 1 heterocycles. The molecule has 7 nitrogen and oxygen atoms in total. The fourth-order valence-corrected chi connectivity index (χ4v) is 3.89. The number of hydrogen-bond acceptors (Lipinski definition) is 4. The van der Waals surface area contributed by atoms with E-state index < -0.39 is 10.0 Å². The van der Waals surface area contributed by atoms with Crippen LogP contribution in [0.4, 0.5) is 0 Å². The Balaban J connectivity index is 1.71. The molecule has 0 aliphatic carbocycles. The first kappa shape index (κ1) is 18.7. The van der Waals surface area contributed by atoms with E-state index in [0.717, 1.165) is 19.5 Å². The van der Waals surface area contributed by atoms with Crippen LogP contribution in [0.2, 0.25) is 0 Å². The van der Waals surface area contributed by atoms with Gasteiger partial charge in [-0.15, -0.1) is 0 Å². The summed E-state index contributed by atoms with van der Waals surface area (Å²) in [7, 11) is -3.47. The molecule has 1 aliphatic heterocycles. The maximum absolute atomic E-state index is 12.0. The molecule has 0 saturated carbocycles. The summed E-state index contributed by atoms with van der Waals surface area (Å²) < 4.78 is 26.6. The Kier molecular flexibility index (Phi) is 7.01. The summed E-state index contributed by atoms with van der Waals surface area (Å²) in [4.78, 5) is 7.03. The Morgan fingerprint density at radius 2 is 2.08 bits per heavy atom. The number of rotatable bonds is 8. The second-order valence-electron chi connectivity index (χ2n) is 5.79. The standard InChI is InChI=1S/C16H27N5O2S/c1-2-21-12-6-7-14(21)13-19-16(17)18-10-11-20-24(22,23)15-8-4-3-5-9-15/h3-5,8-9,14,20H,2,6-7,10-13H2,1H3,(H3,17,18,19). The van der Waals surface area contributed by atoms with Gasteiger partial charge in [0.15, 0.2) is 5.96 Å². The molecule has 0 radical (unpaired) electrons. The summed E-state index contributed by atoms with van der Waals surface area (Å²) in [6.45, 7) is 5.65. The Morgan fingerprint density at radius 3 is 2.79 bits per heavy atom. The Bertz CT molecular complexity index is 633. The first-order valence-electron chi connectivity index (χ1n) is 8.35. The molecule has 24 heavy (non-hydrogen) atoms. The fourth-order valence-electron chi connectivity index (χ4n) is 2.84. The van der Waals surface area contributed by atoms with E-state index in [1.165, 1.54) is 6.42 Å². The van der Waals surface area contributed by atoms with Crippen molar-refractivity contribution in [3.05, 3.63) is 30.3 Å². The zero-order valence-corrected chi connectivity index (χ0v) is 14.9. The number of nitrogens with two attached hydrogens (primary N) is 1. The summed E-state index contributed by atoms with van der Waals surface area (Å²) in [5.74, 6) is 0.358. The minimum absolute atomic E-state index is 0.248. The van der Waals surface area contributed by atoms with Gasteiger partial charge in [-0.1, -0.05) is 25.1 Å². The van der Waals surface area contributed by atoms with Crippen LogP contribution in [0.1, 0.15) is 19.8 Å². The number of guanidine groups is 1. The number of sulfonamides is 1. The third-order valence-corrected chi connectivity index (χ3v) is 5.63. The molecule has 1 aliphatic rings. The van der Waals surface area contributed by atoms with Crippen molar-refractivity contribution in [2.75, 3.05) is 32.7 Å².